The van der Waals surface area contributed by atoms with Gasteiger partial charge in [0.15, 0.2) is 5.11 Å². The van der Waals surface area contributed by atoms with Gasteiger partial charge in [-0.3, -0.25) is 4.68 Å². The maximum atomic E-state index is 13.9. The summed E-state index contributed by atoms with van der Waals surface area (Å²) in [5.41, 5.74) is 2.57. The van der Waals surface area contributed by atoms with Crippen LogP contribution >= 0.6 is 23.6 Å². The fourth-order valence-corrected chi connectivity index (χ4v) is 4.41. The number of nitrogens with zero attached hydrogens (tertiary/aromatic N) is 2. The Morgan fingerprint density at radius 3 is 2.66 bits per heavy atom. The molecule has 0 spiro atoms. The molecule has 0 atom stereocenters. The van der Waals surface area contributed by atoms with Gasteiger partial charge < -0.3 is 15.4 Å². The molecule has 0 aliphatic rings. The number of carbonyl (C=O) groups is 1. The molecular formula is C23H19FN4O2S2. The molecule has 4 aromatic rings. The molecule has 2 heterocycles. The number of esters is 1. The van der Waals surface area contributed by atoms with Gasteiger partial charge in [-0.1, -0.05) is 48.5 Å². The van der Waals surface area contributed by atoms with Crippen molar-refractivity contribution in [2.45, 2.75) is 6.54 Å². The zero-order valence-electron chi connectivity index (χ0n) is 17.0. The number of rotatable bonds is 6. The predicted molar refractivity (Wildman–Crippen MR) is 129 cm³/mol. The lowest BCUT2D eigenvalue weighted by Gasteiger charge is -2.08. The summed E-state index contributed by atoms with van der Waals surface area (Å²) in [5.74, 6) is -0.733. The number of thiophene rings is 1. The van der Waals surface area contributed by atoms with E-state index in [0.717, 1.165) is 10.4 Å². The van der Waals surface area contributed by atoms with Crippen LogP contribution in [0.3, 0.4) is 0 Å². The van der Waals surface area contributed by atoms with Gasteiger partial charge in [0.1, 0.15) is 10.8 Å². The molecule has 9 heteroatoms. The molecule has 0 aliphatic carbocycles. The van der Waals surface area contributed by atoms with E-state index in [1.807, 2.05) is 30.3 Å². The van der Waals surface area contributed by atoms with Crippen LogP contribution in [-0.2, 0) is 11.3 Å². The summed E-state index contributed by atoms with van der Waals surface area (Å²) in [6.45, 7) is 0.298. The van der Waals surface area contributed by atoms with Crippen LogP contribution in [0.1, 0.15) is 15.9 Å². The Labute approximate surface area is 193 Å². The van der Waals surface area contributed by atoms with Crippen molar-refractivity contribution < 1.29 is 13.9 Å². The van der Waals surface area contributed by atoms with E-state index in [4.69, 9.17) is 17.0 Å². The van der Waals surface area contributed by atoms with E-state index in [1.54, 1.807) is 41.3 Å². The first-order valence-corrected chi connectivity index (χ1v) is 10.9. The van der Waals surface area contributed by atoms with Crippen molar-refractivity contribution in [3.63, 3.8) is 0 Å². The number of hydrogen-bond acceptors (Lipinski definition) is 5. The number of thiocarbonyl (C=S) groups is 1. The first kappa shape index (κ1) is 21.7. The lowest BCUT2D eigenvalue weighted by molar-refractivity contribution is 0.0602. The molecule has 4 rings (SSSR count). The highest BCUT2D eigenvalue weighted by Gasteiger charge is 2.18. The Balaban J connectivity index is 1.47. The fourth-order valence-electron chi connectivity index (χ4n) is 3.07. The molecule has 0 bridgehead atoms. The fraction of sp³-hybridized carbons (Fsp3) is 0.0870. The highest BCUT2D eigenvalue weighted by Crippen LogP contribution is 2.36. The van der Waals surface area contributed by atoms with Crippen LogP contribution in [0.4, 0.5) is 15.1 Å². The Morgan fingerprint density at radius 2 is 1.91 bits per heavy atom. The van der Waals surface area contributed by atoms with Crippen LogP contribution in [0.15, 0.2) is 73.1 Å². The summed E-state index contributed by atoms with van der Waals surface area (Å²) in [5, 5.41) is 11.2. The normalized spacial score (nSPS) is 10.6. The highest BCUT2D eigenvalue weighted by atomic mass is 32.1. The Bertz CT molecular complexity index is 1250. The minimum atomic E-state index is -0.452. The number of halogens is 1. The van der Waals surface area contributed by atoms with Crippen LogP contribution in [-0.4, -0.2) is 28.0 Å². The smallest absolute Gasteiger partial charge is 0.340 e. The van der Waals surface area contributed by atoms with E-state index >= 15 is 0 Å². The average Bonchev–Trinajstić information content (AvgIpc) is 3.42. The number of ether oxygens (including phenoxy) is 1. The average molecular weight is 467 g/mol. The third kappa shape index (κ3) is 5.01. The zero-order valence-corrected chi connectivity index (χ0v) is 18.7. The van der Waals surface area contributed by atoms with Crippen molar-refractivity contribution in [3.8, 4) is 10.4 Å². The molecule has 0 saturated heterocycles. The Morgan fingerprint density at radius 1 is 1.16 bits per heavy atom. The molecule has 0 radical (unpaired) electrons. The molecule has 0 saturated carbocycles. The Kier molecular flexibility index (Phi) is 6.58. The third-order valence-electron chi connectivity index (χ3n) is 4.60. The van der Waals surface area contributed by atoms with Gasteiger partial charge in [-0.15, -0.1) is 11.3 Å². The standard InChI is InChI=1S/C23H19FN4O2S2/c1-30-22(29)18-11-20(15-7-3-2-4-8-15)32-21(18)27-23(31)26-17-12-25-28(14-17)13-16-9-5-6-10-19(16)24/h2-12,14H,13H2,1H3,(H2,26,27,31). The molecule has 162 valence electrons. The summed E-state index contributed by atoms with van der Waals surface area (Å²) in [6.07, 6.45) is 3.32. The summed E-state index contributed by atoms with van der Waals surface area (Å²) >= 11 is 6.82. The van der Waals surface area contributed by atoms with E-state index in [0.29, 0.717) is 33.5 Å². The number of benzene rings is 2. The van der Waals surface area contributed by atoms with Crippen molar-refractivity contribution in [1.29, 1.82) is 0 Å². The maximum Gasteiger partial charge on any atom is 0.340 e. The first-order chi connectivity index (χ1) is 15.5. The predicted octanol–water partition coefficient (Wildman–Crippen LogP) is 5.39. The first-order valence-electron chi connectivity index (χ1n) is 9.65. The van der Waals surface area contributed by atoms with Crippen LogP contribution in [0, 0.1) is 5.82 Å². The number of methoxy groups -OCH3 is 1. The van der Waals surface area contributed by atoms with Gasteiger partial charge in [0, 0.05) is 16.6 Å². The molecule has 2 aromatic heterocycles. The van der Waals surface area contributed by atoms with E-state index in [-0.39, 0.29) is 5.82 Å². The Hall–Kier alpha value is -3.56. The van der Waals surface area contributed by atoms with E-state index < -0.39 is 5.97 Å². The molecule has 0 aliphatic heterocycles. The van der Waals surface area contributed by atoms with Gasteiger partial charge in [-0.05, 0) is 29.9 Å². The largest absolute Gasteiger partial charge is 0.465 e. The number of nitrogens with one attached hydrogen (secondary N) is 2. The second kappa shape index (κ2) is 9.71. The van der Waals surface area contributed by atoms with Crippen LogP contribution < -0.4 is 10.6 Å². The monoisotopic (exact) mass is 466 g/mol. The number of anilines is 2. The zero-order chi connectivity index (χ0) is 22.5. The lowest BCUT2D eigenvalue weighted by atomic mass is 10.1. The second-order valence-corrected chi connectivity index (χ2v) is 8.27. The molecule has 0 unspecified atom stereocenters. The van der Waals surface area contributed by atoms with E-state index in [2.05, 4.69) is 15.7 Å². The summed E-state index contributed by atoms with van der Waals surface area (Å²) in [4.78, 5) is 13.2. The van der Waals surface area contributed by atoms with Crippen molar-refractivity contribution in [2.75, 3.05) is 17.7 Å². The molecule has 0 fully saturated rings. The number of carbonyl (C=O) groups excluding carboxylic acids is 1. The second-order valence-electron chi connectivity index (χ2n) is 6.81. The molecular weight excluding hydrogens is 447 g/mol. The van der Waals surface area contributed by atoms with Gasteiger partial charge in [0.2, 0.25) is 0 Å². The van der Waals surface area contributed by atoms with Gasteiger partial charge >= 0.3 is 5.97 Å². The SMILES string of the molecule is COC(=O)c1cc(-c2ccccc2)sc1NC(=S)Nc1cnn(Cc2ccccc2F)c1. The van der Waals surface area contributed by atoms with Gasteiger partial charge in [-0.2, -0.15) is 5.10 Å². The van der Waals surface area contributed by atoms with Crippen LogP contribution in [0.2, 0.25) is 0 Å². The quantitative estimate of drug-likeness (QED) is 0.293. The summed E-state index contributed by atoms with van der Waals surface area (Å²) < 4.78 is 20.4. The van der Waals surface area contributed by atoms with Crippen LogP contribution in [0.25, 0.3) is 10.4 Å². The highest BCUT2D eigenvalue weighted by molar-refractivity contribution is 7.80. The van der Waals surface area contributed by atoms with Crippen molar-refractivity contribution in [2.24, 2.45) is 0 Å². The van der Waals surface area contributed by atoms with Crippen LogP contribution in [0.5, 0.6) is 0 Å². The summed E-state index contributed by atoms with van der Waals surface area (Å²) in [7, 11) is 1.34. The van der Waals surface area contributed by atoms with Crippen molar-refractivity contribution in [3.05, 3.63) is 90.0 Å². The number of hydrogen-bond donors (Lipinski definition) is 2. The van der Waals surface area contributed by atoms with Gasteiger partial charge in [-0.25, -0.2) is 9.18 Å². The third-order valence-corrected chi connectivity index (χ3v) is 5.91. The van der Waals surface area contributed by atoms with Crippen molar-refractivity contribution in [1.82, 2.24) is 9.78 Å². The molecule has 2 aromatic carbocycles. The van der Waals surface area contributed by atoms with Crippen molar-refractivity contribution >= 4 is 45.3 Å². The maximum absolute atomic E-state index is 13.9. The van der Waals surface area contributed by atoms with E-state index in [9.17, 15) is 9.18 Å². The molecule has 6 nitrogen and oxygen atoms in total. The lowest BCUT2D eigenvalue weighted by Crippen LogP contribution is -2.19. The minimum absolute atomic E-state index is 0.281. The topological polar surface area (TPSA) is 68.2 Å². The molecule has 2 N–H and O–H groups in total. The minimum Gasteiger partial charge on any atom is -0.465 e. The molecule has 0 amide bonds. The molecule has 32 heavy (non-hydrogen) atoms. The number of aromatic nitrogens is 2. The van der Waals surface area contributed by atoms with Gasteiger partial charge in [0.05, 0.1) is 31.1 Å². The summed E-state index contributed by atoms with van der Waals surface area (Å²) in [6, 6.07) is 18.1. The van der Waals surface area contributed by atoms with Gasteiger partial charge in [0.25, 0.3) is 0 Å². The van der Waals surface area contributed by atoms with E-state index in [1.165, 1.54) is 24.5 Å².